The molecule has 0 fully saturated rings. The molecule has 0 amide bonds. The first-order valence-corrected chi connectivity index (χ1v) is 5.86. The number of aliphatic carboxylic acids is 1. The van der Waals surface area contributed by atoms with Crippen molar-refractivity contribution in [3.8, 4) is 0 Å². The monoisotopic (exact) mass is 287 g/mol. The van der Waals surface area contributed by atoms with Gasteiger partial charge in [0, 0.05) is 17.9 Å². The van der Waals surface area contributed by atoms with E-state index in [1.807, 2.05) is 0 Å². The van der Waals surface area contributed by atoms with Crippen LogP contribution in [-0.4, -0.2) is 32.7 Å². The van der Waals surface area contributed by atoms with Crippen molar-refractivity contribution >= 4 is 29.1 Å². The zero-order chi connectivity index (χ0) is 14.6. The maximum absolute atomic E-state index is 10.8. The number of nitrogens with zero attached hydrogens (tertiary/aromatic N) is 2. The normalized spacial score (nSPS) is 11.8. The predicted octanol–water partition coefficient (Wildman–Crippen LogP) is 1.01. The number of carbonyl (C=O) groups is 1. The molecule has 1 atom stereocenters. The van der Waals surface area contributed by atoms with E-state index in [9.17, 15) is 25.0 Å². The van der Waals surface area contributed by atoms with Crippen LogP contribution in [0.3, 0.4) is 0 Å². The number of rotatable bonds is 6. The lowest BCUT2D eigenvalue weighted by atomic mass is 10.3. The second-order valence-electron chi connectivity index (χ2n) is 3.40. The number of carboxylic acids is 1. The van der Waals surface area contributed by atoms with Crippen LogP contribution in [-0.2, 0) is 4.79 Å². The quantitative estimate of drug-likeness (QED) is 0.447. The fraction of sp³-hybridized carbons (Fsp3) is 0.222. The van der Waals surface area contributed by atoms with Gasteiger partial charge in [0.1, 0.15) is 6.04 Å². The smallest absolute Gasteiger partial charge is 0.321 e. The predicted molar refractivity (Wildman–Crippen MR) is 66.1 cm³/mol. The van der Waals surface area contributed by atoms with E-state index < -0.39 is 33.2 Å². The van der Waals surface area contributed by atoms with E-state index >= 15 is 0 Å². The molecule has 102 valence electrons. The Morgan fingerprint density at radius 3 is 2.16 bits per heavy atom. The summed E-state index contributed by atoms with van der Waals surface area (Å²) in [5, 5.41) is 30.2. The van der Waals surface area contributed by atoms with Crippen molar-refractivity contribution in [2.24, 2.45) is 5.73 Å². The van der Waals surface area contributed by atoms with Gasteiger partial charge < -0.3 is 10.8 Å². The summed E-state index contributed by atoms with van der Waals surface area (Å²) in [6.45, 7) is 0. The summed E-state index contributed by atoms with van der Waals surface area (Å²) in [4.78, 5) is 30.4. The molecule has 0 aliphatic rings. The third-order valence-electron chi connectivity index (χ3n) is 2.09. The van der Waals surface area contributed by atoms with Gasteiger partial charge in [0.15, 0.2) is 4.90 Å². The average Bonchev–Trinajstić information content (AvgIpc) is 2.34. The first-order chi connectivity index (χ1) is 8.84. The molecule has 3 N–H and O–H groups in total. The first kappa shape index (κ1) is 14.9. The van der Waals surface area contributed by atoms with Gasteiger partial charge in [0.2, 0.25) is 0 Å². The summed E-state index contributed by atoms with van der Waals surface area (Å²) in [6.07, 6.45) is 0. The number of hydrogen-bond donors (Lipinski definition) is 2. The molecule has 9 nitrogen and oxygen atoms in total. The topological polar surface area (TPSA) is 150 Å². The van der Waals surface area contributed by atoms with Crippen molar-refractivity contribution in [3.05, 3.63) is 38.4 Å². The van der Waals surface area contributed by atoms with Gasteiger partial charge in [-0.05, 0) is 6.07 Å². The number of nitro groups is 2. The van der Waals surface area contributed by atoms with Crippen LogP contribution in [0.4, 0.5) is 11.4 Å². The molecule has 0 heterocycles. The highest BCUT2D eigenvalue weighted by atomic mass is 32.2. The minimum Gasteiger partial charge on any atom is -0.480 e. The van der Waals surface area contributed by atoms with Crippen molar-refractivity contribution in [3.63, 3.8) is 0 Å². The van der Waals surface area contributed by atoms with E-state index in [0.717, 1.165) is 12.1 Å². The van der Waals surface area contributed by atoms with Crippen molar-refractivity contribution < 1.29 is 19.7 Å². The lowest BCUT2D eigenvalue weighted by Gasteiger charge is -2.06. The Morgan fingerprint density at radius 1 is 1.32 bits per heavy atom. The maximum atomic E-state index is 10.8. The van der Waals surface area contributed by atoms with Crippen LogP contribution in [0.5, 0.6) is 0 Å². The molecule has 0 bridgehead atoms. The molecule has 0 aliphatic heterocycles. The number of thioether (sulfide) groups is 1. The average molecular weight is 287 g/mol. The molecule has 19 heavy (non-hydrogen) atoms. The van der Waals surface area contributed by atoms with Crippen LogP contribution >= 0.6 is 11.8 Å². The summed E-state index contributed by atoms with van der Waals surface area (Å²) in [7, 11) is 0. The molecule has 0 unspecified atom stereocenters. The van der Waals surface area contributed by atoms with Gasteiger partial charge in [-0.3, -0.25) is 25.0 Å². The summed E-state index contributed by atoms with van der Waals surface area (Å²) >= 11 is 0.678. The van der Waals surface area contributed by atoms with Crippen LogP contribution in [0.25, 0.3) is 0 Å². The van der Waals surface area contributed by atoms with Crippen molar-refractivity contribution in [1.29, 1.82) is 0 Å². The molecule has 1 aromatic rings. The Morgan fingerprint density at radius 2 is 1.79 bits per heavy atom. The van der Waals surface area contributed by atoms with Gasteiger partial charge in [-0.15, -0.1) is 11.8 Å². The zero-order valence-electron chi connectivity index (χ0n) is 9.38. The summed E-state index contributed by atoms with van der Waals surface area (Å²) in [5.74, 6) is -1.49. The molecule has 1 rings (SSSR count). The third kappa shape index (κ3) is 3.63. The fourth-order valence-electron chi connectivity index (χ4n) is 1.19. The highest BCUT2D eigenvalue weighted by Gasteiger charge is 2.26. The van der Waals surface area contributed by atoms with E-state index in [4.69, 9.17) is 10.8 Å². The van der Waals surface area contributed by atoms with Gasteiger partial charge in [-0.2, -0.15) is 0 Å². The first-order valence-electron chi connectivity index (χ1n) is 4.87. The van der Waals surface area contributed by atoms with Gasteiger partial charge in [0.05, 0.1) is 9.85 Å². The number of hydrogen-bond acceptors (Lipinski definition) is 7. The Labute approximate surface area is 110 Å². The molecular formula is C9H9N3O6S. The minimum absolute atomic E-state index is 0.200. The van der Waals surface area contributed by atoms with Gasteiger partial charge in [0.25, 0.3) is 11.4 Å². The van der Waals surface area contributed by atoms with Crippen molar-refractivity contribution in [1.82, 2.24) is 0 Å². The molecule has 0 aromatic heterocycles. The summed E-state index contributed by atoms with van der Waals surface area (Å²) < 4.78 is 0. The molecule has 0 aliphatic carbocycles. The highest BCUT2D eigenvalue weighted by molar-refractivity contribution is 7.99. The van der Waals surface area contributed by atoms with E-state index in [1.54, 1.807) is 0 Å². The van der Waals surface area contributed by atoms with Crippen LogP contribution < -0.4 is 5.73 Å². The summed E-state index contributed by atoms with van der Waals surface area (Å²) in [5.41, 5.74) is 4.36. The van der Waals surface area contributed by atoms with E-state index in [0.29, 0.717) is 11.8 Å². The van der Waals surface area contributed by atoms with Gasteiger partial charge in [-0.1, -0.05) is 0 Å². The Hall–Kier alpha value is -2.20. The third-order valence-corrected chi connectivity index (χ3v) is 3.32. The van der Waals surface area contributed by atoms with Crippen LogP contribution in [0.2, 0.25) is 0 Å². The molecule has 10 heteroatoms. The van der Waals surface area contributed by atoms with E-state index in [2.05, 4.69) is 0 Å². The molecule has 0 saturated carbocycles. The second-order valence-corrected chi connectivity index (χ2v) is 4.43. The Kier molecular flexibility index (Phi) is 4.78. The van der Waals surface area contributed by atoms with E-state index in [-0.39, 0.29) is 10.6 Å². The Bertz CT molecular complexity index is 502. The molecule has 0 saturated heterocycles. The Balaban J connectivity index is 3.11. The zero-order valence-corrected chi connectivity index (χ0v) is 10.2. The molecule has 0 radical (unpaired) electrons. The number of benzene rings is 1. The lowest BCUT2D eigenvalue weighted by Crippen LogP contribution is -2.32. The second kappa shape index (κ2) is 6.11. The largest absolute Gasteiger partial charge is 0.480 e. The SMILES string of the molecule is N[C@@H](CSc1c([N+](=O)[O-])cccc1[N+](=O)[O-])C(=O)O. The van der Waals surface area contributed by atoms with Crippen molar-refractivity contribution in [2.45, 2.75) is 10.9 Å². The van der Waals surface area contributed by atoms with Crippen LogP contribution in [0.1, 0.15) is 0 Å². The van der Waals surface area contributed by atoms with E-state index in [1.165, 1.54) is 6.07 Å². The van der Waals surface area contributed by atoms with Gasteiger partial charge >= 0.3 is 5.97 Å². The maximum Gasteiger partial charge on any atom is 0.321 e. The summed E-state index contributed by atoms with van der Waals surface area (Å²) in [6, 6.07) is 2.16. The molecule has 1 aromatic carbocycles. The van der Waals surface area contributed by atoms with Gasteiger partial charge in [-0.25, -0.2) is 0 Å². The minimum atomic E-state index is -1.28. The lowest BCUT2D eigenvalue weighted by molar-refractivity contribution is -0.399. The molecule has 0 spiro atoms. The number of nitrogens with two attached hydrogens (primary N) is 1. The highest BCUT2D eigenvalue weighted by Crippen LogP contribution is 2.37. The number of nitro benzene ring substituents is 2. The standard InChI is InChI=1S/C9H9N3O6S/c10-5(9(13)14)4-19-8-6(11(15)16)2-1-3-7(8)12(17)18/h1-3,5H,4,10H2,(H,13,14)/t5-/m0/s1. The van der Waals surface area contributed by atoms with Crippen LogP contribution in [0, 0.1) is 20.2 Å². The van der Waals surface area contributed by atoms with Crippen LogP contribution in [0.15, 0.2) is 23.1 Å². The molecular weight excluding hydrogens is 278 g/mol. The number of carboxylic acid groups (broad SMARTS) is 1. The van der Waals surface area contributed by atoms with Crippen molar-refractivity contribution in [2.75, 3.05) is 5.75 Å². The fourth-order valence-corrected chi connectivity index (χ4v) is 2.26.